The van der Waals surface area contributed by atoms with E-state index in [1.165, 1.54) is 42.6 Å². The molecule has 0 unspecified atom stereocenters. The summed E-state index contributed by atoms with van der Waals surface area (Å²) in [7, 11) is 0. The number of pyridine rings is 1. The van der Waals surface area contributed by atoms with E-state index in [4.69, 9.17) is 12.2 Å². The number of aromatic nitrogens is 2. The normalized spacial score (nSPS) is 19.9. The maximum Gasteiger partial charge on any atom is 0.226 e. The predicted molar refractivity (Wildman–Crippen MR) is 153 cm³/mol. The van der Waals surface area contributed by atoms with Gasteiger partial charge in [-0.1, -0.05) is 31.0 Å². The molecule has 7 heteroatoms. The third-order valence-corrected chi connectivity index (χ3v) is 8.33. The lowest BCUT2D eigenvalue weighted by Crippen LogP contribution is -2.33. The summed E-state index contributed by atoms with van der Waals surface area (Å²) in [6.45, 7) is 9.04. The molecule has 2 N–H and O–H groups in total. The van der Waals surface area contributed by atoms with Gasteiger partial charge in [-0.05, 0) is 93.7 Å². The van der Waals surface area contributed by atoms with Crippen molar-refractivity contribution in [3.05, 3.63) is 82.4 Å². The Morgan fingerprint density at radius 1 is 1.11 bits per heavy atom. The van der Waals surface area contributed by atoms with Crippen molar-refractivity contribution < 1.29 is 4.79 Å². The van der Waals surface area contributed by atoms with Crippen molar-refractivity contribution in [3.8, 4) is 0 Å². The van der Waals surface area contributed by atoms with Crippen LogP contribution >= 0.6 is 12.2 Å². The second-order valence-electron chi connectivity index (χ2n) is 10.6. The van der Waals surface area contributed by atoms with Gasteiger partial charge in [0, 0.05) is 42.3 Å². The average molecular weight is 516 g/mol. The smallest absolute Gasteiger partial charge is 0.226 e. The van der Waals surface area contributed by atoms with Crippen LogP contribution in [0.2, 0.25) is 0 Å². The van der Waals surface area contributed by atoms with Crippen LogP contribution in [0.3, 0.4) is 0 Å². The van der Waals surface area contributed by atoms with Crippen molar-refractivity contribution in [3.63, 3.8) is 0 Å². The van der Waals surface area contributed by atoms with Gasteiger partial charge in [0.2, 0.25) is 5.91 Å². The highest BCUT2D eigenvalue weighted by molar-refractivity contribution is 7.80. The largest absolute Gasteiger partial charge is 0.352 e. The molecule has 194 valence electrons. The number of thiocarbonyl (C=S) groups is 1. The molecule has 3 aromatic rings. The molecule has 1 aliphatic carbocycles. The van der Waals surface area contributed by atoms with Gasteiger partial charge in [0.05, 0.1) is 17.8 Å². The second-order valence-corrected chi connectivity index (χ2v) is 11.0. The average Bonchev–Trinajstić information content (AvgIpc) is 3.58. The zero-order valence-corrected chi connectivity index (χ0v) is 23.1. The number of anilines is 1. The molecule has 1 aromatic carbocycles. The van der Waals surface area contributed by atoms with Crippen molar-refractivity contribution in [2.24, 2.45) is 0 Å². The van der Waals surface area contributed by atoms with Crippen LogP contribution in [0.5, 0.6) is 0 Å². The number of benzene rings is 1. The van der Waals surface area contributed by atoms with Gasteiger partial charge in [-0.3, -0.25) is 9.78 Å². The Morgan fingerprint density at radius 2 is 1.89 bits per heavy atom. The van der Waals surface area contributed by atoms with E-state index in [1.807, 2.05) is 44.3 Å². The van der Waals surface area contributed by atoms with Crippen LogP contribution in [0.25, 0.3) is 0 Å². The minimum atomic E-state index is -0.0756. The molecule has 5 rings (SSSR count). The Bertz CT molecular complexity index is 1290. The molecule has 6 nitrogen and oxygen atoms in total. The zero-order valence-electron chi connectivity index (χ0n) is 22.3. The number of carbonyl (C=O) groups excluding carboxylic acids is 1. The fourth-order valence-electron chi connectivity index (χ4n) is 6.12. The molecule has 2 aliphatic rings. The monoisotopic (exact) mass is 515 g/mol. The Kier molecular flexibility index (Phi) is 7.33. The predicted octanol–water partition coefficient (Wildman–Crippen LogP) is 6.23. The van der Waals surface area contributed by atoms with Crippen LogP contribution in [-0.2, 0) is 4.79 Å². The molecule has 1 amide bonds. The maximum atomic E-state index is 13.0. The molecule has 0 bridgehead atoms. The number of hydrogen-bond donors (Lipinski definition) is 2. The molecule has 0 radical (unpaired) electrons. The van der Waals surface area contributed by atoms with Crippen LogP contribution in [0, 0.1) is 27.7 Å². The third kappa shape index (κ3) is 5.14. The van der Waals surface area contributed by atoms with Gasteiger partial charge in [-0.2, -0.15) is 0 Å². The highest BCUT2D eigenvalue weighted by Gasteiger charge is 2.41. The highest BCUT2D eigenvalue weighted by atomic mass is 32.1. The number of hydrogen-bond acceptors (Lipinski definition) is 3. The molecule has 1 saturated heterocycles. The van der Waals surface area contributed by atoms with Gasteiger partial charge < -0.3 is 20.1 Å². The minimum Gasteiger partial charge on any atom is -0.352 e. The van der Waals surface area contributed by atoms with E-state index in [9.17, 15) is 4.79 Å². The van der Waals surface area contributed by atoms with E-state index in [0.717, 1.165) is 22.5 Å². The third-order valence-electron chi connectivity index (χ3n) is 7.98. The van der Waals surface area contributed by atoms with Gasteiger partial charge in [0.15, 0.2) is 5.11 Å². The number of nitrogens with zero attached hydrogens (tertiary/aromatic N) is 3. The summed E-state index contributed by atoms with van der Waals surface area (Å²) in [5.41, 5.74) is 7.88. The van der Waals surface area contributed by atoms with Crippen molar-refractivity contribution in [1.29, 1.82) is 0 Å². The maximum absolute atomic E-state index is 13.0. The molecule has 0 spiro atoms. The van der Waals surface area contributed by atoms with Gasteiger partial charge in [0.25, 0.3) is 0 Å². The summed E-state index contributed by atoms with van der Waals surface area (Å²) in [6, 6.07) is 14.9. The van der Waals surface area contributed by atoms with Crippen molar-refractivity contribution >= 4 is 28.9 Å². The van der Waals surface area contributed by atoms with E-state index in [0.29, 0.717) is 24.1 Å². The number of nitrogens with one attached hydrogen (secondary N) is 2. The molecular weight excluding hydrogens is 478 g/mol. The summed E-state index contributed by atoms with van der Waals surface area (Å²) < 4.78 is 2.53. The van der Waals surface area contributed by atoms with Crippen LogP contribution in [-0.4, -0.2) is 32.0 Å². The molecule has 2 atom stereocenters. The van der Waals surface area contributed by atoms with Crippen LogP contribution in [0.1, 0.15) is 84.0 Å². The van der Waals surface area contributed by atoms with Gasteiger partial charge in [-0.25, -0.2) is 0 Å². The molecule has 3 heterocycles. The summed E-state index contributed by atoms with van der Waals surface area (Å²) in [5, 5.41) is 7.31. The first-order valence-electron chi connectivity index (χ1n) is 13.4. The molecule has 1 aliphatic heterocycles. The molecule has 2 fully saturated rings. The molecule has 37 heavy (non-hydrogen) atoms. The van der Waals surface area contributed by atoms with Crippen LogP contribution in [0.15, 0.2) is 48.7 Å². The van der Waals surface area contributed by atoms with Gasteiger partial charge >= 0.3 is 0 Å². The van der Waals surface area contributed by atoms with Crippen LogP contribution < -0.4 is 10.6 Å². The highest BCUT2D eigenvalue weighted by Crippen LogP contribution is 2.43. The Labute approximate surface area is 225 Å². The topological polar surface area (TPSA) is 62.2 Å². The van der Waals surface area contributed by atoms with Crippen molar-refractivity contribution in [1.82, 2.24) is 19.8 Å². The fraction of sp³-hybridized carbons (Fsp3) is 0.433. The quantitative estimate of drug-likeness (QED) is 0.365. The minimum absolute atomic E-state index is 0.00651. The molecular formula is C30H37N5OS. The van der Waals surface area contributed by atoms with E-state index in [2.05, 4.69) is 57.1 Å². The first-order chi connectivity index (χ1) is 17.8. The molecule has 2 aromatic heterocycles. The first-order valence-corrected chi connectivity index (χ1v) is 13.8. The van der Waals surface area contributed by atoms with Crippen LogP contribution in [0.4, 0.5) is 5.69 Å². The number of amides is 1. The zero-order chi connectivity index (χ0) is 26.1. The SMILES string of the molecule is Cc1ccc(C)c(NC(=O)CCN2C(=S)N[C@H](c3ccccn3)[C@@H]2c2cc(C)n(C3CCCC3)c2C)c1. The van der Waals surface area contributed by atoms with E-state index < -0.39 is 0 Å². The van der Waals surface area contributed by atoms with Gasteiger partial charge in [0.1, 0.15) is 0 Å². The Balaban J connectivity index is 1.43. The first kappa shape index (κ1) is 25.5. The second kappa shape index (κ2) is 10.7. The van der Waals surface area contributed by atoms with Crippen molar-refractivity contribution in [2.45, 2.75) is 77.9 Å². The number of aryl methyl sites for hydroxylation is 3. The number of carbonyl (C=O) groups is 1. The van der Waals surface area contributed by atoms with Gasteiger partial charge in [-0.15, -0.1) is 0 Å². The summed E-state index contributed by atoms with van der Waals surface area (Å²) in [6.07, 6.45) is 7.25. The lowest BCUT2D eigenvalue weighted by Gasteiger charge is -2.28. The standard InChI is InChI=1S/C30H37N5OS/c1-19-12-13-20(2)26(17-19)32-27(36)14-16-34-29(28(33-30(34)37)25-11-7-8-15-31-25)24-18-21(3)35(22(24)4)23-9-5-6-10-23/h7-8,11-13,15,17-18,23,28-29H,5-6,9-10,14,16H2,1-4H3,(H,32,36)(H,33,37)/t28-,29+/m1/s1. The van der Waals surface area contributed by atoms with E-state index in [-0.39, 0.29) is 18.0 Å². The summed E-state index contributed by atoms with van der Waals surface area (Å²) >= 11 is 5.85. The summed E-state index contributed by atoms with van der Waals surface area (Å²) in [4.78, 5) is 19.9. The summed E-state index contributed by atoms with van der Waals surface area (Å²) in [5.74, 6) is -0.00651. The molecule has 1 saturated carbocycles. The Hall–Kier alpha value is -3.19. The van der Waals surface area contributed by atoms with E-state index in [1.54, 1.807) is 0 Å². The Morgan fingerprint density at radius 3 is 2.62 bits per heavy atom. The lowest BCUT2D eigenvalue weighted by atomic mass is 9.96. The van der Waals surface area contributed by atoms with E-state index >= 15 is 0 Å². The number of rotatable bonds is 7. The van der Waals surface area contributed by atoms with Crippen molar-refractivity contribution in [2.75, 3.05) is 11.9 Å². The fourth-order valence-corrected chi connectivity index (χ4v) is 6.45. The lowest BCUT2D eigenvalue weighted by molar-refractivity contribution is -0.116.